The van der Waals surface area contributed by atoms with E-state index in [1.165, 1.54) is 0 Å². The number of nitrogens with zero attached hydrogens (tertiary/aromatic N) is 6. The highest BCUT2D eigenvalue weighted by molar-refractivity contribution is 9.10. The van der Waals surface area contributed by atoms with Gasteiger partial charge < -0.3 is 14.9 Å². The van der Waals surface area contributed by atoms with Gasteiger partial charge in [0.2, 0.25) is 0 Å². The molecule has 0 unspecified atom stereocenters. The number of aryl methyl sites for hydroxylation is 2. The number of nitrogens with two attached hydrogens (primary N) is 1. The van der Waals surface area contributed by atoms with Crippen LogP contribution in [0.2, 0.25) is 0 Å². The number of hydrogen-bond donors (Lipinski definition) is 1. The van der Waals surface area contributed by atoms with E-state index in [-0.39, 0.29) is 0 Å². The number of hydrogen-bond acceptors (Lipinski definition) is 5. The third-order valence-electron chi connectivity index (χ3n) is 5.27. The summed E-state index contributed by atoms with van der Waals surface area (Å²) in [7, 11) is 4.00. The Kier molecular flexibility index (Phi) is 4.36. The predicted octanol–water partition coefficient (Wildman–Crippen LogP) is 4.59. The molecule has 6 aromatic heterocycles. The fraction of sp³-hybridized carbons (Fsp3) is 0.0909. The Morgan fingerprint density at radius 3 is 1.83 bits per heavy atom. The van der Waals surface area contributed by atoms with Crippen molar-refractivity contribution in [2.45, 2.75) is 0 Å². The molecule has 0 aliphatic rings. The second-order valence-electron chi connectivity index (χ2n) is 7.02. The minimum absolute atomic E-state index is 0.543. The van der Waals surface area contributed by atoms with Crippen LogP contribution in [0.5, 0.6) is 0 Å². The molecule has 30 heavy (non-hydrogen) atoms. The van der Waals surface area contributed by atoms with Crippen LogP contribution in [0, 0.1) is 0 Å². The Labute approximate surface area is 180 Å². The van der Waals surface area contributed by atoms with Crippen molar-refractivity contribution in [1.29, 1.82) is 0 Å². The molecule has 0 aromatic carbocycles. The first kappa shape index (κ1) is 18.5. The largest absolute Gasteiger partial charge is 0.384 e. The van der Waals surface area contributed by atoms with Gasteiger partial charge >= 0.3 is 0 Å². The molecule has 0 fully saturated rings. The number of halogens is 1. The maximum Gasteiger partial charge on any atom is 0.143 e. The SMILES string of the molecule is Cn1c2ccncc2c2ccc(Br)nc21.Cn1c2ccncc2c2ccc(N)nc21. The third-order valence-corrected chi connectivity index (χ3v) is 5.71. The number of nitrogen functional groups attached to an aromatic ring is 1. The maximum atomic E-state index is 5.67. The lowest BCUT2D eigenvalue weighted by Gasteiger charge is -1.96. The summed E-state index contributed by atoms with van der Waals surface area (Å²) in [6.45, 7) is 0. The summed E-state index contributed by atoms with van der Waals surface area (Å²) in [6.07, 6.45) is 7.32. The summed E-state index contributed by atoms with van der Waals surface area (Å²) in [4.78, 5) is 17.1. The van der Waals surface area contributed by atoms with E-state index in [9.17, 15) is 0 Å². The van der Waals surface area contributed by atoms with Crippen molar-refractivity contribution in [3.8, 4) is 0 Å². The van der Waals surface area contributed by atoms with E-state index in [1.807, 2.05) is 61.4 Å². The van der Waals surface area contributed by atoms with Crippen molar-refractivity contribution in [2.24, 2.45) is 14.1 Å². The Morgan fingerprint density at radius 2 is 1.23 bits per heavy atom. The van der Waals surface area contributed by atoms with Crippen molar-refractivity contribution in [2.75, 3.05) is 5.73 Å². The van der Waals surface area contributed by atoms with E-state index in [4.69, 9.17) is 5.73 Å². The molecule has 0 amide bonds. The second kappa shape index (κ2) is 7.07. The standard InChI is InChI=1S/C11H8BrN3.C11H10N4/c2*1-15-9-4-5-13-6-8(9)7-2-3-10(12)14-11(7)15/h2-6H,1H3;2-6H,1H3,(H2,12,14). The first-order valence-corrected chi connectivity index (χ1v) is 10.1. The minimum atomic E-state index is 0.543. The van der Waals surface area contributed by atoms with Crippen LogP contribution in [0.4, 0.5) is 5.82 Å². The van der Waals surface area contributed by atoms with Gasteiger partial charge in [-0.15, -0.1) is 0 Å². The molecule has 6 rings (SSSR count). The Hall–Kier alpha value is -3.52. The third kappa shape index (κ3) is 2.88. The van der Waals surface area contributed by atoms with Gasteiger partial charge in [0.1, 0.15) is 21.7 Å². The molecule has 0 saturated carbocycles. The number of anilines is 1. The van der Waals surface area contributed by atoms with E-state index < -0.39 is 0 Å². The Balaban J connectivity index is 0.000000128. The molecule has 0 aliphatic carbocycles. The quantitative estimate of drug-likeness (QED) is 0.335. The molecule has 0 atom stereocenters. The number of rotatable bonds is 0. The summed E-state index contributed by atoms with van der Waals surface area (Å²) in [5, 5.41) is 4.50. The number of pyridine rings is 4. The topological polar surface area (TPSA) is 87.4 Å². The molecule has 6 aromatic rings. The summed E-state index contributed by atoms with van der Waals surface area (Å²) >= 11 is 3.38. The molecular formula is C22H18BrN7. The molecule has 148 valence electrons. The van der Waals surface area contributed by atoms with Gasteiger partial charge in [-0.1, -0.05) is 0 Å². The van der Waals surface area contributed by atoms with Gasteiger partial charge in [0.25, 0.3) is 0 Å². The van der Waals surface area contributed by atoms with Crippen molar-refractivity contribution in [1.82, 2.24) is 29.1 Å². The Morgan fingerprint density at radius 1 is 0.700 bits per heavy atom. The van der Waals surface area contributed by atoms with Crippen molar-refractivity contribution >= 4 is 65.6 Å². The average Bonchev–Trinajstić information content (AvgIpc) is 3.21. The molecule has 0 saturated heterocycles. The molecule has 2 N–H and O–H groups in total. The average molecular weight is 460 g/mol. The van der Waals surface area contributed by atoms with Crippen molar-refractivity contribution in [3.05, 3.63) is 65.8 Å². The first-order chi connectivity index (χ1) is 14.5. The van der Waals surface area contributed by atoms with Crippen LogP contribution in [-0.4, -0.2) is 29.1 Å². The molecule has 0 radical (unpaired) electrons. The van der Waals surface area contributed by atoms with Crippen LogP contribution in [0.3, 0.4) is 0 Å². The second-order valence-corrected chi connectivity index (χ2v) is 7.83. The van der Waals surface area contributed by atoms with Crippen molar-refractivity contribution in [3.63, 3.8) is 0 Å². The first-order valence-electron chi connectivity index (χ1n) is 9.34. The van der Waals surface area contributed by atoms with E-state index in [1.54, 1.807) is 12.4 Å². The van der Waals surface area contributed by atoms with Gasteiger partial charge in [-0.2, -0.15) is 0 Å². The zero-order valence-corrected chi connectivity index (χ0v) is 18.0. The van der Waals surface area contributed by atoms with Gasteiger partial charge in [0, 0.05) is 60.4 Å². The van der Waals surface area contributed by atoms with Crippen LogP contribution < -0.4 is 5.73 Å². The van der Waals surface area contributed by atoms with E-state index in [0.717, 1.165) is 48.5 Å². The zero-order chi connectivity index (χ0) is 20.8. The summed E-state index contributed by atoms with van der Waals surface area (Å²) in [6, 6.07) is 11.8. The van der Waals surface area contributed by atoms with Crippen molar-refractivity contribution < 1.29 is 0 Å². The lowest BCUT2D eigenvalue weighted by molar-refractivity contribution is 0.985. The fourth-order valence-electron chi connectivity index (χ4n) is 3.82. The van der Waals surface area contributed by atoms with Gasteiger partial charge in [0.15, 0.2) is 0 Å². The van der Waals surface area contributed by atoms with E-state index >= 15 is 0 Å². The van der Waals surface area contributed by atoms with Crippen LogP contribution in [-0.2, 0) is 14.1 Å². The highest BCUT2D eigenvalue weighted by Gasteiger charge is 2.09. The van der Waals surface area contributed by atoms with Crippen LogP contribution in [0.1, 0.15) is 0 Å². The number of aromatic nitrogens is 6. The normalized spacial score (nSPS) is 11.3. The maximum absolute atomic E-state index is 5.67. The van der Waals surface area contributed by atoms with Gasteiger partial charge in [-0.05, 0) is 52.3 Å². The predicted molar refractivity (Wildman–Crippen MR) is 124 cm³/mol. The van der Waals surface area contributed by atoms with E-state index in [0.29, 0.717) is 5.82 Å². The van der Waals surface area contributed by atoms with Gasteiger partial charge in [0.05, 0.1) is 11.0 Å². The molecule has 7 nitrogen and oxygen atoms in total. The zero-order valence-electron chi connectivity index (χ0n) is 16.4. The number of fused-ring (bicyclic) bond motifs is 6. The fourth-order valence-corrected chi connectivity index (χ4v) is 4.12. The summed E-state index contributed by atoms with van der Waals surface area (Å²) in [5.41, 5.74) is 9.84. The molecular weight excluding hydrogens is 442 g/mol. The lowest BCUT2D eigenvalue weighted by Crippen LogP contribution is -1.93. The van der Waals surface area contributed by atoms with Crippen LogP contribution >= 0.6 is 15.9 Å². The smallest absolute Gasteiger partial charge is 0.143 e. The highest BCUT2D eigenvalue weighted by atomic mass is 79.9. The van der Waals surface area contributed by atoms with Gasteiger partial charge in [-0.25, -0.2) is 9.97 Å². The van der Waals surface area contributed by atoms with Crippen LogP contribution in [0.25, 0.3) is 43.9 Å². The summed E-state index contributed by atoms with van der Waals surface area (Å²) < 4.78 is 4.97. The molecule has 8 heteroatoms. The molecule has 0 aliphatic heterocycles. The van der Waals surface area contributed by atoms with E-state index in [2.05, 4.69) is 46.5 Å². The highest BCUT2D eigenvalue weighted by Crippen LogP contribution is 2.27. The molecule has 0 spiro atoms. The monoisotopic (exact) mass is 459 g/mol. The molecule has 6 heterocycles. The van der Waals surface area contributed by atoms with Crippen LogP contribution in [0.15, 0.2) is 65.8 Å². The van der Waals surface area contributed by atoms with Gasteiger partial charge in [-0.3, -0.25) is 9.97 Å². The summed E-state index contributed by atoms with van der Waals surface area (Å²) in [5.74, 6) is 0.543. The Bertz CT molecular complexity index is 1430. The minimum Gasteiger partial charge on any atom is -0.384 e. The molecule has 0 bridgehead atoms. The lowest BCUT2D eigenvalue weighted by atomic mass is 10.2.